The van der Waals surface area contributed by atoms with Crippen LogP contribution in [-0.4, -0.2) is 27.0 Å². The molecule has 82 valence electrons. The molecule has 0 aliphatic rings. The number of hydrogen-bond donors (Lipinski definition) is 0. The Morgan fingerprint density at radius 1 is 1.43 bits per heavy atom. The van der Waals surface area contributed by atoms with E-state index in [9.17, 15) is 13.2 Å². The second kappa shape index (κ2) is 6.53. The lowest BCUT2D eigenvalue weighted by molar-refractivity contribution is -0.144. The predicted molar refractivity (Wildman–Crippen MR) is 51.2 cm³/mol. The van der Waals surface area contributed by atoms with Crippen LogP contribution in [0.3, 0.4) is 0 Å². The highest BCUT2D eigenvalue weighted by molar-refractivity contribution is 7.61. The number of esters is 1. The van der Waals surface area contributed by atoms with Crippen molar-refractivity contribution in [2.45, 2.75) is 33.2 Å². The van der Waals surface area contributed by atoms with Crippen molar-refractivity contribution in [3.63, 3.8) is 0 Å². The summed E-state index contributed by atoms with van der Waals surface area (Å²) in [5, 5.41) is 0. The maximum absolute atomic E-state index is 11.2. The van der Waals surface area contributed by atoms with Crippen molar-refractivity contribution in [2.75, 3.05) is 6.61 Å². The summed E-state index contributed by atoms with van der Waals surface area (Å²) in [4.78, 5) is 11.2. The third-order valence-corrected chi connectivity index (χ3v) is 1.89. The number of ether oxygens (including phenoxy) is 1. The molecule has 0 fully saturated rings. The molecular weight excluding hydrogens is 206 g/mol. The van der Waals surface area contributed by atoms with Gasteiger partial charge in [0.25, 0.3) is 0 Å². The third-order valence-electron chi connectivity index (χ3n) is 1.47. The molecule has 0 N–H and O–H groups in total. The molecule has 0 rings (SSSR count). The molecule has 0 aliphatic carbocycles. The molecule has 0 bridgehead atoms. The molecule has 0 aromatic carbocycles. The van der Waals surface area contributed by atoms with Crippen molar-refractivity contribution < 1.29 is 17.9 Å². The molecule has 0 amide bonds. The van der Waals surface area contributed by atoms with Gasteiger partial charge in [-0.15, -0.1) is 0 Å². The van der Waals surface area contributed by atoms with Crippen LogP contribution in [0.25, 0.3) is 0 Å². The van der Waals surface area contributed by atoms with Crippen LogP contribution in [0, 0.1) is 5.92 Å². The third kappa shape index (κ3) is 5.69. The average molecular weight is 221 g/mol. The Morgan fingerprint density at radius 2 is 2.00 bits per heavy atom. The van der Waals surface area contributed by atoms with Gasteiger partial charge in [0.15, 0.2) is 6.04 Å². The molecule has 0 unspecified atom stereocenters. The predicted octanol–water partition coefficient (Wildman–Crippen LogP) is 1.03. The largest absolute Gasteiger partial charge is 0.464 e. The van der Waals surface area contributed by atoms with Crippen molar-refractivity contribution in [1.82, 2.24) is 0 Å². The number of carbonyl (C=O) groups excluding carboxylic acids is 1. The lowest BCUT2D eigenvalue weighted by Gasteiger charge is -2.10. The Labute approximate surface area is 85.2 Å². The fraction of sp³-hybridized carbons (Fsp3) is 0.875. The van der Waals surface area contributed by atoms with Gasteiger partial charge in [0.05, 0.1) is 6.61 Å². The standard InChI is InChI=1S/C8H15NO4S/c1-4-13-8(10)7(5-6(2)3)9-14(11)12/h6-7H,4-5H2,1-3H3/t7-/m1/s1. The second-order valence-corrected chi connectivity index (χ2v) is 3.86. The number of carbonyl (C=O) groups is 1. The van der Waals surface area contributed by atoms with E-state index in [2.05, 4.69) is 4.36 Å². The first-order valence-electron chi connectivity index (χ1n) is 4.44. The molecule has 0 aromatic rings. The van der Waals surface area contributed by atoms with E-state index in [0.29, 0.717) is 6.42 Å². The molecule has 0 spiro atoms. The maximum Gasteiger partial charge on any atom is 0.332 e. The summed E-state index contributed by atoms with van der Waals surface area (Å²) in [7, 11) is -2.56. The van der Waals surface area contributed by atoms with Gasteiger partial charge < -0.3 is 4.74 Å². The van der Waals surface area contributed by atoms with E-state index in [4.69, 9.17) is 4.74 Å². The van der Waals surface area contributed by atoms with Crippen LogP contribution in [0.5, 0.6) is 0 Å². The fourth-order valence-electron chi connectivity index (χ4n) is 0.971. The van der Waals surface area contributed by atoms with E-state index >= 15 is 0 Å². The minimum atomic E-state index is -2.56. The highest BCUT2D eigenvalue weighted by Gasteiger charge is 2.20. The highest BCUT2D eigenvalue weighted by atomic mass is 32.2. The SMILES string of the molecule is CCOC(=O)[C@@H](CC(C)C)N=S(=O)=O. The summed E-state index contributed by atoms with van der Waals surface area (Å²) >= 11 is 0. The van der Waals surface area contributed by atoms with E-state index in [-0.39, 0.29) is 12.5 Å². The number of hydrogen-bond acceptors (Lipinski definition) is 5. The minimum absolute atomic E-state index is 0.191. The van der Waals surface area contributed by atoms with E-state index in [1.165, 1.54) is 0 Å². The molecule has 6 heteroatoms. The zero-order valence-corrected chi connectivity index (χ0v) is 9.37. The van der Waals surface area contributed by atoms with Crippen LogP contribution in [0.15, 0.2) is 4.36 Å². The van der Waals surface area contributed by atoms with Crippen LogP contribution in [0.1, 0.15) is 27.2 Å². The first-order valence-corrected chi connectivity index (χ1v) is 5.47. The zero-order valence-electron chi connectivity index (χ0n) is 8.56. The molecule has 0 heterocycles. The summed E-state index contributed by atoms with van der Waals surface area (Å²) in [6.07, 6.45) is 0.382. The Morgan fingerprint density at radius 3 is 2.36 bits per heavy atom. The van der Waals surface area contributed by atoms with Gasteiger partial charge in [-0.3, -0.25) is 0 Å². The maximum atomic E-state index is 11.2. The van der Waals surface area contributed by atoms with Crippen LogP contribution in [-0.2, 0) is 20.0 Å². The van der Waals surface area contributed by atoms with Crippen molar-refractivity contribution in [3.8, 4) is 0 Å². The summed E-state index contributed by atoms with van der Waals surface area (Å²) in [6, 6.07) is -0.895. The summed E-state index contributed by atoms with van der Waals surface area (Å²) in [5.74, 6) is -0.387. The van der Waals surface area contributed by atoms with E-state index in [0.717, 1.165) is 0 Å². The second-order valence-electron chi connectivity index (χ2n) is 3.22. The van der Waals surface area contributed by atoms with E-state index in [1.807, 2.05) is 13.8 Å². The summed E-state index contributed by atoms with van der Waals surface area (Å²) in [5.41, 5.74) is 0. The van der Waals surface area contributed by atoms with E-state index < -0.39 is 22.5 Å². The van der Waals surface area contributed by atoms with Crippen LogP contribution in [0.2, 0.25) is 0 Å². The molecule has 14 heavy (non-hydrogen) atoms. The quantitative estimate of drug-likeness (QED) is 0.650. The molecule has 5 nitrogen and oxygen atoms in total. The van der Waals surface area contributed by atoms with Gasteiger partial charge in [-0.25, -0.2) is 4.79 Å². The van der Waals surface area contributed by atoms with Crippen molar-refractivity contribution in [2.24, 2.45) is 10.3 Å². The minimum Gasteiger partial charge on any atom is -0.464 e. The Bertz CT molecular complexity index is 299. The molecule has 0 radical (unpaired) electrons. The van der Waals surface area contributed by atoms with Crippen molar-refractivity contribution in [1.29, 1.82) is 0 Å². The Hall–Kier alpha value is -0.910. The van der Waals surface area contributed by atoms with Crippen molar-refractivity contribution in [3.05, 3.63) is 0 Å². The van der Waals surface area contributed by atoms with Gasteiger partial charge in [-0.1, -0.05) is 13.8 Å². The molecule has 0 saturated carbocycles. The highest BCUT2D eigenvalue weighted by Crippen LogP contribution is 2.09. The Balaban J connectivity index is 4.55. The molecule has 0 saturated heterocycles. The first kappa shape index (κ1) is 13.1. The van der Waals surface area contributed by atoms with Gasteiger partial charge >= 0.3 is 16.5 Å². The first-order chi connectivity index (χ1) is 6.47. The monoisotopic (exact) mass is 221 g/mol. The van der Waals surface area contributed by atoms with Gasteiger partial charge in [-0.2, -0.15) is 12.8 Å². The van der Waals surface area contributed by atoms with Crippen LogP contribution >= 0.6 is 0 Å². The normalized spacial score (nSPS) is 12.3. The lowest BCUT2D eigenvalue weighted by atomic mass is 10.1. The van der Waals surface area contributed by atoms with Crippen LogP contribution < -0.4 is 0 Å². The topological polar surface area (TPSA) is 72.8 Å². The van der Waals surface area contributed by atoms with Crippen molar-refractivity contribution >= 4 is 16.5 Å². The zero-order chi connectivity index (χ0) is 11.1. The van der Waals surface area contributed by atoms with Gasteiger partial charge in [0.2, 0.25) is 0 Å². The lowest BCUT2D eigenvalue weighted by Crippen LogP contribution is -2.23. The summed E-state index contributed by atoms with van der Waals surface area (Å²) < 4.78 is 28.6. The van der Waals surface area contributed by atoms with Gasteiger partial charge in [0.1, 0.15) is 0 Å². The number of rotatable bonds is 5. The Kier molecular flexibility index (Phi) is 6.11. The smallest absolute Gasteiger partial charge is 0.332 e. The van der Waals surface area contributed by atoms with E-state index in [1.54, 1.807) is 6.92 Å². The van der Waals surface area contributed by atoms with Gasteiger partial charge in [-0.05, 0) is 19.3 Å². The van der Waals surface area contributed by atoms with Crippen LogP contribution in [0.4, 0.5) is 0 Å². The average Bonchev–Trinajstić information content (AvgIpc) is 2.01. The molecule has 1 atom stereocenters. The summed E-state index contributed by atoms with van der Waals surface area (Å²) in [6.45, 7) is 5.66. The number of nitrogens with zero attached hydrogens (tertiary/aromatic N) is 1. The molecule has 0 aromatic heterocycles. The van der Waals surface area contributed by atoms with Gasteiger partial charge in [0, 0.05) is 0 Å². The molecular formula is C8H15NO4S. The molecule has 0 aliphatic heterocycles. The fourth-order valence-corrected chi connectivity index (χ4v) is 1.35.